The van der Waals surface area contributed by atoms with Gasteiger partial charge < -0.3 is 10.6 Å². The van der Waals surface area contributed by atoms with Crippen LogP contribution in [0.25, 0.3) is 0 Å². The van der Waals surface area contributed by atoms with Crippen LogP contribution in [0.5, 0.6) is 0 Å². The quantitative estimate of drug-likeness (QED) is 0.926. The molecule has 5 heteroatoms. The van der Waals surface area contributed by atoms with E-state index in [1.54, 1.807) is 0 Å². The van der Waals surface area contributed by atoms with Gasteiger partial charge in [-0.25, -0.2) is 0 Å². The van der Waals surface area contributed by atoms with E-state index in [0.29, 0.717) is 13.0 Å². The topological polar surface area (TPSA) is 46.3 Å². The monoisotopic (exact) mass is 288 g/mol. The van der Waals surface area contributed by atoms with Crippen LogP contribution in [-0.2, 0) is 11.2 Å². The van der Waals surface area contributed by atoms with Gasteiger partial charge in [0.25, 0.3) is 0 Å². The van der Waals surface area contributed by atoms with E-state index < -0.39 is 0 Å². The number of fused-ring (bicyclic) bond motifs is 1. The fourth-order valence-electron chi connectivity index (χ4n) is 2.53. The smallest absolute Gasteiger partial charge is 0.223 e. The van der Waals surface area contributed by atoms with Gasteiger partial charge in [0, 0.05) is 17.8 Å². The minimum atomic E-state index is 0. The fraction of sp³-hybridized carbons (Fsp3) is 0.615. The number of hydrogen-bond acceptors (Lipinski definition) is 3. The Balaban J connectivity index is 0.00000162. The lowest BCUT2D eigenvalue weighted by atomic mass is 9.97. The Kier molecular flexibility index (Phi) is 6.12. The maximum Gasteiger partial charge on any atom is 0.223 e. The molecule has 0 spiro atoms. The molecule has 0 radical (unpaired) electrons. The van der Waals surface area contributed by atoms with E-state index in [1.807, 2.05) is 16.2 Å². The Labute approximate surface area is 119 Å². The minimum Gasteiger partial charge on any atom is -0.335 e. The van der Waals surface area contributed by atoms with Gasteiger partial charge in [0.2, 0.25) is 5.91 Å². The number of carbonyl (C=O) groups excluding carboxylic acids is 1. The highest BCUT2D eigenvalue weighted by Gasteiger charge is 2.29. The second-order valence-corrected chi connectivity index (χ2v) is 5.45. The molecule has 1 aromatic rings. The largest absolute Gasteiger partial charge is 0.335 e. The van der Waals surface area contributed by atoms with Crippen molar-refractivity contribution < 1.29 is 4.79 Å². The summed E-state index contributed by atoms with van der Waals surface area (Å²) in [5.74, 6) is 0.263. The SMILES string of the molecule is CCC1c2ccsc2CCN1C(=O)CCCN.Cl. The first-order valence-corrected chi connectivity index (χ1v) is 7.21. The number of halogens is 1. The Morgan fingerprint density at radius 2 is 2.39 bits per heavy atom. The van der Waals surface area contributed by atoms with E-state index >= 15 is 0 Å². The lowest BCUT2D eigenvalue weighted by Crippen LogP contribution is -2.39. The van der Waals surface area contributed by atoms with Gasteiger partial charge in [-0.3, -0.25) is 4.79 Å². The molecular weight excluding hydrogens is 268 g/mol. The van der Waals surface area contributed by atoms with Crippen LogP contribution >= 0.6 is 23.7 Å². The summed E-state index contributed by atoms with van der Waals surface area (Å²) < 4.78 is 0. The maximum atomic E-state index is 12.1. The first kappa shape index (κ1) is 15.5. The van der Waals surface area contributed by atoms with Crippen LogP contribution in [0.4, 0.5) is 0 Å². The van der Waals surface area contributed by atoms with Crippen molar-refractivity contribution in [3.05, 3.63) is 21.9 Å². The van der Waals surface area contributed by atoms with Gasteiger partial charge in [0.1, 0.15) is 0 Å². The summed E-state index contributed by atoms with van der Waals surface area (Å²) in [6.07, 6.45) is 3.39. The minimum absolute atomic E-state index is 0. The lowest BCUT2D eigenvalue weighted by Gasteiger charge is -2.35. The van der Waals surface area contributed by atoms with E-state index in [4.69, 9.17) is 5.73 Å². The van der Waals surface area contributed by atoms with Crippen LogP contribution in [0.2, 0.25) is 0 Å². The highest BCUT2D eigenvalue weighted by Crippen LogP contribution is 2.35. The summed E-state index contributed by atoms with van der Waals surface area (Å²) in [5, 5.41) is 2.14. The molecule has 1 aliphatic rings. The van der Waals surface area contributed by atoms with E-state index in [1.165, 1.54) is 10.4 Å². The number of nitrogens with zero attached hydrogens (tertiary/aromatic N) is 1. The highest BCUT2D eigenvalue weighted by molar-refractivity contribution is 7.10. The molecule has 0 saturated carbocycles. The number of amides is 1. The predicted octanol–water partition coefficient (Wildman–Crippen LogP) is 2.74. The van der Waals surface area contributed by atoms with Crippen LogP contribution in [0.1, 0.15) is 42.7 Å². The van der Waals surface area contributed by atoms with Gasteiger partial charge in [-0.1, -0.05) is 6.92 Å². The van der Waals surface area contributed by atoms with Gasteiger partial charge in [0.05, 0.1) is 6.04 Å². The zero-order chi connectivity index (χ0) is 12.3. The Morgan fingerprint density at radius 1 is 1.61 bits per heavy atom. The predicted molar refractivity (Wildman–Crippen MR) is 78.3 cm³/mol. The molecule has 1 atom stereocenters. The van der Waals surface area contributed by atoms with Gasteiger partial charge in [0.15, 0.2) is 0 Å². The van der Waals surface area contributed by atoms with Crippen LogP contribution in [0, 0.1) is 0 Å². The molecule has 0 saturated heterocycles. The van der Waals surface area contributed by atoms with Crippen molar-refractivity contribution >= 4 is 29.7 Å². The fourth-order valence-corrected chi connectivity index (χ4v) is 3.46. The van der Waals surface area contributed by atoms with Crippen molar-refractivity contribution in [1.29, 1.82) is 0 Å². The third-order valence-corrected chi connectivity index (χ3v) is 4.39. The van der Waals surface area contributed by atoms with Gasteiger partial charge in [-0.05, 0) is 42.8 Å². The molecule has 0 aromatic carbocycles. The molecule has 1 unspecified atom stereocenters. The van der Waals surface area contributed by atoms with Crippen molar-refractivity contribution in [2.45, 2.75) is 38.6 Å². The standard InChI is InChI=1S/C13H20N2OS.ClH/c1-2-11-10-6-9-17-12(10)5-8-15(11)13(16)4-3-7-14;/h6,9,11H,2-5,7-8,14H2,1H3;1H. The summed E-state index contributed by atoms with van der Waals surface area (Å²) in [5.41, 5.74) is 6.83. The number of hydrogen-bond donors (Lipinski definition) is 1. The Bertz CT molecular complexity index is 394. The molecule has 2 N–H and O–H groups in total. The summed E-state index contributed by atoms with van der Waals surface area (Å²) in [6.45, 7) is 3.62. The van der Waals surface area contributed by atoms with Crippen LogP contribution in [-0.4, -0.2) is 23.9 Å². The first-order chi connectivity index (χ1) is 8.27. The molecule has 0 bridgehead atoms. The molecule has 0 aliphatic carbocycles. The second kappa shape index (κ2) is 7.12. The molecule has 1 aliphatic heterocycles. The zero-order valence-corrected chi connectivity index (χ0v) is 12.4. The molecule has 18 heavy (non-hydrogen) atoms. The van der Waals surface area contributed by atoms with E-state index in [9.17, 15) is 4.79 Å². The zero-order valence-electron chi connectivity index (χ0n) is 10.7. The number of nitrogens with two attached hydrogens (primary N) is 1. The summed E-state index contributed by atoms with van der Waals surface area (Å²) in [4.78, 5) is 15.6. The summed E-state index contributed by atoms with van der Waals surface area (Å²) in [6, 6.07) is 2.46. The number of carbonyl (C=O) groups is 1. The average molecular weight is 289 g/mol. The molecule has 3 nitrogen and oxygen atoms in total. The van der Waals surface area contributed by atoms with Gasteiger partial charge in [-0.15, -0.1) is 23.7 Å². The van der Waals surface area contributed by atoms with Gasteiger partial charge in [-0.2, -0.15) is 0 Å². The molecular formula is C13H21ClN2OS. The van der Waals surface area contributed by atoms with Crippen LogP contribution in [0.3, 0.4) is 0 Å². The number of rotatable bonds is 4. The van der Waals surface area contributed by atoms with Crippen LogP contribution < -0.4 is 5.73 Å². The highest BCUT2D eigenvalue weighted by atomic mass is 35.5. The van der Waals surface area contributed by atoms with Crippen LogP contribution in [0.15, 0.2) is 11.4 Å². The maximum absolute atomic E-state index is 12.1. The van der Waals surface area contributed by atoms with Crippen molar-refractivity contribution in [2.24, 2.45) is 5.73 Å². The summed E-state index contributed by atoms with van der Waals surface area (Å²) in [7, 11) is 0. The molecule has 0 fully saturated rings. The van der Waals surface area contributed by atoms with Crippen molar-refractivity contribution in [3.63, 3.8) is 0 Å². The average Bonchev–Trinajstić information content (AvgIpc) is 2.82. The lowest BCUT2D eigenvalue weighted by molar-refractivity contribution is -0.134. The number of thiophene rings is 1. The Morgan fingerprint density at radius 3 is 3.06 bits per heavy atom. The third kappa shape index (κ3) is 3.05. The Hall–Kier alpha value is -0.580. The van der Waals surface area contributed by atoms with Crippen molar-refractivity contribution in [3.8, 4) is 0 Å². The molecule has 1 aromatic heterocycles. The first-order valence-electron chi connectivity index (χ1n) is 6.33. The van der Waals surface area contributed by atoms with E-state index in [0.717, 1.165) is 25.8 Å². The van der Waals surface area contributed by atoms with E-state index in [-0.39, 0.29) is 24.4 Å². The molecule has 1 amide bonds. The second-order valence-electron chi connectivity index (χ2n) is 4.45. The van der Waals surface area contributed by atoms with Gasteiger partial charge >= 0.3 is 0 Å². The third-order valence-electron chi connectivity index (χ3n) is 3.40. The normalized spacial score (nSPS) is 18.1. The van der Waals surface area contributed by atoms with Crippen molar-refractivity contribution in [2.75, 3.05) is 13.1 Å². The van der Waals surface area contributed by atoms with E-state index in [2.05, 4.69) is 18.4 Å². The molecule has 2 heterocycles. The molecule has 102 valence electrons. The summed E-state index contributed by atoms with van der Waals surface area (Å²) >= 11 is 1.82. The molecule has 2 rings (SSSR count). The van der Waals surface area contributed by atoms with Crippen molar-refractivity contribution in [1.82, 2.24) is 4.90 Å².